The van der Waals surface area contributed by atoms with Crippen LogP contribution in [-0.2, 0) is 27.5 Å². The zero-order valence-electron chi connectivity index (χ0n) is 14.5. The van der Waals surface area contributed by atoms with E-state index >= 15 is 0 Å². The third-order valence-corrected chi connectivity index (χ3v) is 4.49. The fourth-order valence-corrected chi connectivity index (χ4v) is 2.67. The van der Waals surface area contributed by atoms with E-state index in [9.17, 15) is 4.79 Å². The van der Waals surface area contributed by atoms with Crippen LogP contribution in [0.1, 0.15) is 11.1 Å². The first-order valence-electron chi connectivity index (χ1n) is 8.37. The van der Waals surface area contributed by atoms with Crippen molar-refractivity contribution in [2.45, 2.75) is 19.5 Å². The zero-order valence-corrected chi connectivity index (χ0v) is 16.7. The standard InChI is InChI=1S/C19H22BIN2O3/c20-15-22-11-18(24)23(21)12-19(25-13-16-7-3-1-4-8-16)26-14-17-9-5-2-6-10-17/h1-10,19,22H,11-15H2. The molecule has 0 aliphatic heterocycles. The summed E-state index contributed by atoms with van der Waals surface area (Å²) in [5.41, 5.74) is 2.11. The lowest BCUT2D eigenvalue weighted by atomic mass is 10.2. The molecule has 2 aromatic carbocycles. The molecule has 2 radical (unpaired) electrons. The number of nitrogens with zero attached hydrogens (tertiary/aromatic N) is 1. The highest BCUT2D eigenvalue weighted by molar-refractivity contribution is 14.1. The number of halogens is 1. The van der Waals surface area contributed by atoms with Crippen LogP contribution in [-0.4, -0.2) is 42.7 Å². The van der Waals surface area contributed by atoms with Crippen molar-refractivity contribution in [3.63, 3.8) is 0 Å². The first kappa shape index (κ1) is 20.9. The molecule has 26 heavy (non-hydrogen) atoms. The van der Waals surface area contributed by atoms with Gasteiger partial charge in [0, 0.05) is 0 Å². The summed E-state index contributed by atoms with van der Waals surface area (Å²) >= 11 is 1.97. The molecule has 0 spiro atoms. The molecule has 0 atom stereocenters. The predicted octanol–water partition coefficient (Wildman–Crippen LogP) is 2.64. The number of ether oxygens (including phenoxy) is 2. The maximum atomic E-state index is 12.1. The van der Waals surface area contributed by atoms with Crippen molar-refractivity contribution in [1.29, 1.82) is 0 Å². The largest absolute Gasteiger partial charge is 0.346 e. The Hall–Kier alpha value is -1.42. The van der Waals surface area contributed by atoms with Crippen molar-refractivity contribution in [3.05, 3.63) is 71.8 Å². The van der Waals surface area contributed by atoms with Crippen LogP contribution in [0.25, 0.3) is 0 Å². The van der Waals surface area contributed by atoms with E-state index in [1.54, 1.807) is 3.11 Å². The number of nitrogens with one attached hydrogen (secondary N) is 1. The average molecular weight is 464 g/mol. The van der Waals surface area contributed by atoms with Crippen LogP contribution in [0.4, 0.5) is 0 Å². The molecule has 0 saturated heterocycles. The number of carbonyl (C=O) groups is 1. The third kappa shape index (κ3) is 7.86. The average Bonchev–Trinajstić information content (AvgIpc) is 2.69. The van der Waals surface area contributed by atoms with E-state index in [1.165, 1.54) is 0 Å². The molecule has 0 aliphatic carbocycles. The van der Waals surface area contributed by atoms with E-state index in [0.29, 0.717) is 19.8 Å². The minimum atomic E-state index is -0.533. The fourth-order valence-electron chi connectivity index (χ4n) is 2.18. The van der Waals surface area contributed by atoms with Gasteiger partial charge in [0.1, 0.15) is 0 Å². The SMILES string of the molecule is [B]CNCC(=O)N(I)CC(OCc1ccccc1)OCc1ccccc1. The van der Waals surface area contributed by atoms with Gasteiger partial charge in [0.2, 0.25) is 5.91 Å². The zero-order chi connectivity index (χ0) is 18.6. The first-order valence-corrected chi connectivity index (χ1v) is 9.33. The van der Waals surface area contributed by atoms with Crippen molar-refractivity contribution >= 4 is 36.6 Å². The number of carbonyl (C=O) groups excluding carboxylic acids is 1. The Morgan fingerprint density at radius 1 is 1.00 bits per heavy atom. The minimum absolute atomic E-state index is 0.0762. The van der Waals surface area contributed by atoms with Crippen molar-refractivity contribution in [3.8, 4) is 0 Å². The molecule has 1 amide bonds. The van der Waals surface area contributed by atoms with Gasteiger partial charge in [-0.1, -0.05) is 60.7 Å². The number of hydrogen-bond donors (Lipinski definition) is 1. The molecule has 0 aromatic heterocycles. The van der Waals surface area contributed by atoms with E-state index < -0.39 is 6.29 Å². The Morgan fingerprint density at radius 2 is 1.50 bits per heavy atom. The van der Waals surface area contributed by atoms with Crippen molar-refractivity contribution in [2.75, 3.05) is 19.5 Å². The maximum absolute atomic E-state index is 12.1. The highest BCUT2D eigenvalue weighted by Gasteiger charge is 2.18. The van der Waals surface area contributed by atoms with E-state index in [0.717, 1.165) is 11.1 Å². The van der Waals surface area contributed by atoms with E-state index in [1.807, 2.05) is 83.5 Å². The van der Waals surface area contributed by atoms with Crippen LogP contribution in [0.3, 0.4) is 0 Å². The van der Waals surface area contributed by atoms with Gasteiger partial charge in [-0.2, -0.15) is 0 Å². The number of hydrogen-bond acceptors (Lipinski definition) is 4. The van der Waals surface area contributed by atoms with Crippen molar-refractivity contribution in [1.82, 2.24) is 8.43 Å². The lowest BCUT2D eigenvalue weighted by molar-refractivity contribution is -0.163. The van der Waals surface area contributed by atoms with Gasteiger partial charge in [-0.3, -0.25) is 7.91 Å². The molecular weight excluding hydrogens is 442 g/mol. The van der Waals surface area contributed by atoms with Gasteiger partial charge in [-0.25, -0.2) is 0 Å². The summed E-state index contributed by atoms with van der Waals surface area (Å²) in [6.07, 6.45) is -0.275. The fraction of sp³-hybridized carbons (Fsp3) is 0.316. The van der Waals surface area contributed by atoms with Crippen LogP contribution in [0.15, 0.2) is 60.7 Å². The lowest BCUT2D eigenvalue weighted by Gasteiger charge is -2.23. The highest BCUT2D eigenvalue weighted by atomic mass is 127. The van der Waals surface area contributed by atoms with Gasteiger partial charge in [0.15, 0.2) is 6.29 Å². The molecule has 7 heteroatoms. The van der Waals surface area contributed by atoms with Crippen LogP contribution < -0.4 is 5.32 Å². The summed E-state index contributed by atoms with van der Waals surface area (Å²) in [4.78, 5) is 12.1. The smallest absolute Gasteiger partial charge is 0.245 e. The molecular formula is C19H22BIN2O3. The number of amides is 1. The third-order valence-electron chi connectivity index (χ3n) is 3.56. The first-order chi connectivity index (χ1) is 12.7. The van der Waals surface area contributed by atoms with Crippen LogP contribution in [0, 0.1) is 0 Å². The van der Waals surface area contributed by atoms with Gasteiger partial charge in [-0.15, -0.1) is 0 Å². The monoisotopic (exact) mass is 464 g/mol. The van der Waals surface area contributed by atoms with Gasteiger partial charge >= 0.3 is 0 Å². The molecule has 0 saturated carbocycles. The summed E-state index contributed by atoms with van der Waals surface area (Å²) < 4.78 is 13.4. The normalized spacial score (nSPS) is 10.8. The second-order valence-electron chi connectivity index (χ2n) is 5.59. The Balaban J connectivity index is 1.91. The summed E-state index contributed by atoms with van der Waals surface area (Å²) in [5, 5.41) is 2.82. The second-order valence-corrected chi connectivity index (χ2v) is 6.76. The molecule has 2 rings (SSSR count). The minimum Gasteiger partial charge on any atom is -0.346 e. The van der Waals surface area contributed by atoms with Crippen LogP contribution in [0.2, 0.25) is 0 Å². The van der Waals surface area contributed by atoms with Crippen molar-refractivity contribution in [2.24, 2.45) is 0 Å². The summed E-state index contributed by atoms with van der Waals surface area (Å²) in [7, 11) is 5.37. The van der Waals surface area contributed by atoms with E-state index in [-0.39, 0.29) is 18.9 Å². The Labute approximate surface area is 170 Å². The molecule has 136 valence electrons. The Morgan fingerprint density at radius 3 is 1.96 bits per heavy atom. The summed E-state index contributed by atoms with van der Waals surface area (Å²) in [6.45, 7) is 1.34. The lowest BCUT2D eigenvalue weighted by Crippen LogP contribution is -2.38. The number of benzene rings is 2. The van der Waals surface area contributed by atoms with Gasteiger partial charge < -0.3 is 14.8 Å². The Kier molecular flexibility index (Phi) is 9.69. The number of rotatable bonds is 11. The van der Waals surface area contributed by atoms with Crippen molar-refractivity contribution < 1.29 is 14.3 Å². The van der Waals surface area contributed by atoms with Crippen LogP contribution in [0.5, 0.6) is 0 Å². The quantitative estimate of drug-likeness (QED) is 0.241. The molecule has 0 unspecified atom stereocenters. The van der Waals surface area contributed by atoms with Gasteiger partial charge in [-0.05, 0) is 17.6 Å². The molecule has 0 heterocycles. The van der Waals surface area contributed by atoms with Crippen LogP contribution >= 0.6 is 22.9 Å². The molecule has 1 N–H and O–H groups in total. The second kappa shape index (κ2) is 12.1. The Bertz CT molecular complexity index is 602. The van der Waals surface area contributed by atoms with E-state index in [2.05, 4.69) is 5.32 Å². The van der Waals surface area contributed by atoms with Gasteiger partial charge in [0.05, 0.1) is 57.0 Å². The highest BCUT2D eigenvalue weighted by Crippen LogP contribution is 2.12. The maximum Gasteiger partial charge on any atom is 0.245 e. The topological polar surface area (TPSA) is 50.8 Å². The predicted molar refractivity (Wildman–Crippen MR) is 111 cm³/mol. The molecule has 5 nitrogen and oxygen atoms in total. The molecule has 0 aliphatic rings. The van der Waals surface area contributed by atoms with E-state index in [4.69, 9.17) is 17.3 Å². The molecule has 0 fully saturated rings. The molecule has 0 bridgehead atoms. The van der Waals surface area contributed by atoms with Gasteiger partial charge in [0.25, 0.3) is 0 Å². The summed E-state index contributed by atoms with van der Waals surface area (Å²) in [5.74, 6) is -0.0762. The molecule has 2 aromatic rings. The summed E-state index contributed by atoms with van der Waals surface area (Å²) in [6, 6.07) is 19.7.